The Balaban J connectivity index is 1.96. The number of ether oxygens (including phenoxy) is 1. The molecule has 0 saturated carbocycles. The number of fused-ring (bicyclic) bond motifs is 1. The second-order valence-corrected chi connectivity index (χ2v) is 5.88. The van der Waals surface area contributed by atoms with E-state index in [9.17, 15) is 4.79 Å². The van der Waals surface area contributed by atoms with Crippen LogP contribution in [0.25, 0.3) is 10.2 Å². The van der Waals surface area contributed by atoms with E-state index in [-0.39, 0.29) is 6.10 Å². The molecule has 1 amide bonds. The predicted octanol–water partition coefficient (Wildman–Crippen LogP) is 1.81. The average Bonchev–Trinajstić information content (AvgIpc) is 2.91. The SMILES string of the molecule is COC1CCCN(c2nc3c(C(N)=O)[c]ccc3s2)C1. The Bertz CT molecular complexity index is 640. The second-order valence-electron chi connectivity index (χ2n) is 4.87. The van der Waals surface area contributed by atoms with Gasteiger partial charge in [0.1, 0.15) is 0 Å². The third-order valence-electron chi connectivity index (χ3n) is 3.57. The monoisotopic (exact) mass is 290 g/mol. The zero-order valence-corrected chi connectivity index (χ0v) is 12.1. The molecule has 0 aliphatic carbocycles. The van der Waals surface area contributed by atoms with Crippen LogP contribution in [0, 0.1) is 6.07 Å². The summed E-state index contributed by atoms with van der Waals surface area (Å²) < 4.78 is 6.40. The van der Waals surface area contributed by atoms with Gasteiger partial charge in [0.25, 0.3) is 5.91 Å². The van der Waals surface area contributed by atoms with Crippen LogP contribution in [0.1, 0.15) is 23.2 Å². The molecule has 2 N–H and O–H groups in total. The first-order valence-electron chi connectivity index (χ1n) is 6.58. The first-order valence-corrected chi connectivity index (χ1v) is 7.39. The van der Waals surface area contributed by atoms with Gasteiger partial charge in [-0.1, -0.05) is 17.4 Å². The number of amides is 1. The standard InChI is InChI=1S/C14H16N3O2S/c1-19-9-4-3-7-17(8-9)14-16-12-10(13(15)18)5-2-6-11(12)20-14/h2,6,9H,3-4,7-8H2,1H3,(H2,15,18). The fourth-order valence-electron chi connectivity index (χ4n) is 2.51. The molecule has 1 aliphatic rings. The third-order valence-corrected chi connectivity index (χ3v) is 4.65. The van der Waals surface area contributed by atoms with Crippen molar-refractivity contribution in [2.75, 3.05) is 25.1 Å². The maximum atomic E-state index is 11.4. The topological polar surface area (TPSA) is 68.4 Å². The van der Waals surface area contributed by atoms with Crippen LogP contribution in [0.2, 0.25) is 0 Å². The fourth-order valence-corrected chi connectivity index (χ4v) is 3.52. The number of primary amides is 1. The summed E-state index contributed by atoms with van der Waals surface area (Å²) in [5, 5.41) is 0.920. The summed E-state index contributed by atoms with van der Waals surface area (Å²) in [6.07, 6.45) is 2.42. The second kappa shape index (κ2) is 5.38. The first kappa shape index (κ1) is 13.3. The van der Waals surface area contributed by atoms with E-state index in [4.69, 9.17) is 10.5 Å². The Hall–Kier alpha value is -1.66. The molecule has 0 spiro atoms. The van der Waals surface area contributed by atoms with Crippen molar-refractivity contribution in [3.8, 4) is 0 Å². The lowest BCUT2D eigenvalue weighted by Gasteiger charge is -2.31. The van der Waals surface area contributed by atoms with Gasteiger partial charge in [0.2, 0.25) is 0 Å². The Kier molecular flexibility index (Phi) is 3.58. The lowest BCUT2D eigenvalue weighted by molar-refractivity contribution is 0.0893. The molecule has 0 bridgehead atoms. The molecule has 1 saturated heterocycles. The number of aromatic nitrogens is 1. The lowest BCUT2D eigenvalue weighted by Crippen LogP contribution is -2.39. The van der Waals surface area contributed by atoms with E-state index < -0.39 is 5.91 Å². The maximum absolute atomic E-state index is 11.4. The van der Waals surface area contributed by atoms with Crippen LogP contribution in [0.5, 0.6) is 0 Å². The highest BCUT2D eigenvalue weighted by atomic mass is 32.1. The molecule has 20 heavy (non-hydrogen) atoms. The van der Waals surface area contributed by atoms with Crippen molar-refractivity contribution in [3.63, 3.8) is 0 Å². The summed E-state index contributed by atoms with van der Waals surface area (Å²) >= 11 is 1.58. The Morgan fingerprint density at radius 2 is 2.50 bits per heavy atom. The molecule has 1 atom stereocenters. The van der Waals surface area contributed by atoms with Crippen molar-refractivity contribution in [1.82, 2.24) is 4.98 Å². The number of rotatable bonds is 3. The van der Waals surface area contributed by atoms with E-state index >= 15 is 0 Å². The van der Waals surface area contributed by atoms with Crippen molar-refractivity contribution in [3.05, 3.63) is 23.8 Å². The first-order chi connectivity index (χ1) is 9.69. The van der Waals surface area contributed by atoms with E-state index in [1.54, 1.807) is 24.5 Å². The van der Waals surface area contributed by atoms with Crippen LogP contribution in [0.3, 0.4) is 0 Å². The fraction of sp³-hybridized carbons (Fsp3) is 0.429. The van der Waals surface area contributed by atoms with E-state index in [2.05, 4.69) is 16.0 Å². The maximum Gasteiger partial charge on any atom is 0.251 e. The molecule has 3 rings (SSSR count). The van der Waals surface area contributed by atoms with Gasteiger partial charge in [-0.25, -0.2) is 4.98 Å². The molecule has 6 heteroatoms. The van der Waals surface area contributed by atoms with Gasteiger partial charge in [0, 0.05) is 20.2 Å². The van der Waals surface area contributed by atoms with Crippen LogP contribution in [-0.4, -0.2) is 37.2 Å². The van der Waals surface area contributed by atoms with Crippen molar-refractivity contribution < 1.29 is 9.53 Å². The average molecular weight is 290 g/mol. The predicted molar refractivity (Wildman–Crippen MR) is 79.2 cm³/mol. The molecule has 1 aliphatic heterocycles. The van der Waals surface area contributed by atoms with Crippen molar-refractivity contribution in [1.29, 1.82) is 0 Å². The quantitative estimate of drug-likeness (QED) is 0.936. The number of nitrogens with two attached hydrogens (primary N) is 1. The van der Waals surface area contributed by atoms with E-state index in [0.29, 0.717) is 11.1 Å². The minimum Gasteiger partial charge on any atom is -0.380 e. The molecule has 1 aromatic heterocycles. The molecule has 1 fully saturated rings. The molecule has 1 aromatic carbocycles. The Morgan fingerprint density at radius 3 is 3.25 bits per heavy atom. The Labute approximate surface area is 121 Å². The molecule has 105 valence electrons. The van der Waals surface area contributed by atoms with Crippen molar-refractivity contribution >= 4 is 32.6 Å². The smallest absolute Gasteiger partial charge is 0.251 e. The summed E-state index contributed by atoms with van der Waals surface area (Å²) in [5.41, 5.74) is 6.39. The van der Waals surface area contributed by atoms with Gasteiger partial charge in [-0.2, -0.15) is 0 Å². The summed E-state index contributed by atoms with van der Waals surface area (Å²) in [5.74, 6) is -0.485. The number of hydrogen-bond donors (Lipinski definition) is 1. The summed E-state index contributed by atoms with van der Waals surface area (Å²) in [6.45, 7) is 1.81. The number of thiazole rings is 1. The third kappa shape index (κ3) is 2.36. The van der Waals surface area contributed by atoms with E-state index in [1.807, 2.05) is 6.07 Å². The molecule has 1 radical (unpaired) electrons. The molecule has 2 aromatic rings. The van der Waals surface area contributed by atoms with Crippen LogP contribution in [-0.2, 0) is 4.74 Å². The number of nitrogens with zero attached hydrogens (tertiary/aromatic N) is 2. The van der Waals surface area contributed by atoms with Crippen molar-refractivity contribution in [2.45, 2.75) is 18.9 Å². The van der Waals surface area contributed by atoms with Gasteiger partial charge in [0.15, 0.2) is 5.13 Å². The largest absolute Gasteiger partial charge is 0.380 e. The van der Waals surface area contributed by atoms with E-state index in [0.717, 1.165) is 35.8 Å². The number of carbonyl (C=O) groups excluding carboxylic acids is 1. The summed E-state index contributed by atoms with van der Waals surface area (Å²) in [7, 11) is 1.74. The van der Waals surface area contributed by atoms with Gasteiger partial charge in [0.05, 0.1) is 21.9 Å². The minimum absolute atomic E-state index is 0.248. The number of hydrogen-bond acceptors (Lipinski definition) is 5. The number of anilines is 1. The molecular weight excluding hydrogens is 274 g/mol. The highest BCUT2D eigenvalue weighted by Gasteiger charge is 2.23. The van der Waals surface area contributed by atoms with Gasteiger partial charge in [-0.15, -0.1) is 0 Å². The van der Waals surface area contributed by atoms with Crippen LogP contribution in [0.4, 0.5) is 5.13 Å². The van der Waals surface area contributed by atoms with Gasteiger partial charge < -0.3 is 15.4 Å². The van der Waals surface area contributed by atoms with Crippen LogP contribution >= 0.6 is 11.3 Å². The molecular formula is C14H16N3O2S. The van der Waals surface area contributed by atoms with Gasteiger partial charge >= 0.3 is 0 Å². The minimum atomic E-state index is -0.485. The molecule has 1 unspecified atom stereocenters. The zero-order valence-electron chi connectivity index (χ0n) is 11.3. The molecule has 5 nitrogen and oxygen atoms in total. The highest BCUT2D eigenvalue weighted by Crippen LogP contribution is 2.32. The van der Waals surface area contributed by atoms with Gasteiger partial charge in [-0.05, 0) is 25.0 Å². The molecule has 2 heterocycles. The lowest BCUT2D eigenvalue weighted by atomic mass is 10.1. The zero-order chi connectivity index (χ0) is 14.1. The number of methoxy groups -OCH3 is 1. The Morgan fingerprint density at radius 1 is 1.65 bits per heavy atom. The highest BCUT2D eigenvalue weighted by molar-refractivity contribution is 7.22. The van der Waals surface area contributed by atoms with Crippen LogP contribution in [0.15, 0.2) is 12.1 Å². The van der Waals surface area contributed by atoms with Crippen LogP contribution < -0.4 is 10.6 Å². The number of carbonyl (C=O) groups is 1. The summed E-state index contributed by atoms with van der Waals surface area (Å²) in [4.78, 5) is 18.2. The van der Waals surface area contributed by atoms with Gasteiger partial charge in [-0.3, -0.25) is 4.79 Å². The number of piperidine rings is 1. The van der Waals surface area contributed by atoms with Crippen molar-refractivity contribution in [2.24, 2.45) is 5.73 Å². The normalized spacial score (nSPS) is 19.4. The van der Waals surface area contributed by atoms with E-state index in [1.165, 1.54) is 0 Å². The number of benzene rings is 1. The summed E-state index contributed by atoms with van der Waals surface area (Å²) in [6, 6.07) is 6.51.